The molecule has 0 radical (unpaired) electrons. The van der Waals surface area contributed by atoms with Gasteiger partial charge >= 0.3 is 0 Å². The van der Waals surface area contributed by atoms with Crippen LogP contribution in [0.5, 0.6) is 11.5 Å². The summed E-state index contributed by atoms with van der Waals surface area (Å²) in [6.07, 6.45) is 2.56. The molecule has 0 aromatic heterocycles. The molecule has 0 amide bonds. The molecule has 0 heterocycles. The van der Waals surface area contributed by atoms with Gasteiger partial charge in [0, 0.05) is 0 Å². The predicted molar refractivity (Wildman–Crippen MR) is 60.2 cm³/mol. The van der Waals surface area contributed by atoms with E-state index in [1.54, 1.807) is 7.11 Å². The lowest BCUT2D eigenvalue weighted by Gasteiger charge is -2.11. The Kier molecular flexibility index (Phi) is 3.64. The summed E-state index contributed by atoms with van der Waals surface area (Å²) in [5, 5.41) is 0. The van der Waals surface area contributed by atoms with Crippen LogP contribution in [0.25, 0.3) is 0 Å². The molecule has 4 heteroatoms. The van der Waals surface area contributed by atoms with Crippen LogP contribution in [-0.2, 0) is 11.4 Å². The third-order valence-electron chi connectivity index (χ3n) is 2.65. The van der Waals surface area contributed by atoms with Gasteiger partial charge in [-0.05, 0) is 36.5 Å². The Labute approximate surface area is 95.2 Å². The third-order valence-corrected chi connectivity index (χ3v) is 2.65. The highest BCUT2D eigenvalue weighted by Gasteiger charge is 2.22. The van der Waals surface area contributed by atoms with Crippen molar-refractivity contribution in [2.75, 3.05) is 13.7 Å². The van der Waals surface area contributed by atoms with Gasteiger partial charge in [-0.3, -0.25) is 4.84 Å². The summed E-state index contributed by atoms with van der Waals surface area (Å²) in [6.45, 7) is 1.16. The first-order valence-corrected chi connectivity index (χ1v) is 5.45. The van der Waals surface area contributed by atoms with E-state index in [0.29, 0.717) is 6.61 Å². The summed E-state index contributed by atoms with van der Waals surface area (Å²) in [4.78, 5) is 4.58. The van der Waals surface area contributed by atoms with E-state index in [1.807, 2.05) is 18.2 Å². The Hall–Kier alpha value is -1.26. The summed E-state index contributed by atoms with van der Waals surface area (Å²) in [5.74, 6) is 7.28. The molecule has 0 atom stereocenters. The first-order valence-electron chi connectivity index (χ1n) is 5.45. The van der Waals surface area contributed by atoms with Gasteiger partial charge in [0.15, 0.2) is 11.5 Å². The molecule has 1 aromatic rings. The van der Waals surface area contributed by atoms with Crippen LogP contribution < -0.4 is 15.4 Å². The minimum Gasteiger partial charge on any atom is -0.493 e. The number of hydrogen-bond acceptors (Lipinski definition) is 4. The second kappa shape index (κ2) is 5.18. The molecule has 1 aliphatic carbocycles. The van der Waals surface area contributed by atoms with Crippen molar-refractivity contribution >= 4 is 0 Å². The maximum absolute atomic E-state index is 5.69. The summed E-state index contributed by atoms with van der Waals surface area (Å²) in [5.41, 5.74) is 0.970. The fourth-order valence-electron chi connectivity index (χ4n) is 1.51. The highest BCUT2D eigenvalue weighted by molar-refractivity contribution is 5.42. The summed E-state index contributed by atoms with van der Waals surface area (Å²) < 4.78 is 11.0. The zero-order valence-electron chi connectivity index (χ0n) is 9.44. The van der Waals surface area contributed by atoms with Crippen molar-refractivity contribution in [1.29, 1.82) is 0 Å². The summed E-state index contributed by atoms with van der Waals surface area (Å²) in [6, 6.07) is 5.71. The lowest BCUT2D eigenvalue weighted by molar-refractivity contribution is 0.124. The topological polar surface area (TPSA) is 53.7 Å². The Bertz CT molecular complexity index is 350. The van der Waals surface area contributed by atoms with E-state index in [4.69, 9.17) is 15.4 Å². The monoisotopic (exact) mass is 223 g/mol. The van der Waals surface area contributed by atoms with Crippen LogP contribution in [0.3, 0.4) is 0 Å². The van der Waals surface area contributed by atoms with Gasteiger partial charge in [0.05, 0.1) is 20.3 Å². The minimum atomic E-state index is 0.374. The SMILES string of the molecule is COc1cc(CON)ccc1OCC1CC1. The number of ether oxygens (including phenoxy) is 2. The Balaban J connectivity index is 2.03. The molecule has 1 aliphatic rings. The second-order valence-corrected chi connectivity index (χ2v) is 4.05. The van der Waals surface area contributed by atoms with Crippen molar-refractivity contribution in [3.63, 3.8) is 0 Å². The molecule has 2 N–H and O–H groups in total. The molecule has 1 fully saturated rings. The van der Waals surface area contributed by atoms with Crippen LogP contribution in [0.2, 0.25) is 0 Å². The summed E-state index contributed by atoms with van der Waals surface area (Å²) >= 11 is 0. The minimum absolute atomic E-state index is 0.374. The molecule has 4 nitrogen and oxygen atoms in total. The molecule has 16 heavy (non-hydrogen) atoms. The van der Waals surface area contributed by atoms with Crippen molar-refractivity contribution < 1.29 is 14.3 Å². The first kappa shape index (κ1) is 11.2. The van der Waals surface area contributed by atoms with Gasteiger partial charge in [-0.2, -0.15) is 0 Å². The molecule has 0 bridgehead atoms. The molecule has 0 unspecified atom stereocenters. The van der Waals surface area contributed by atoms with Crippen molar-refractivity contribution in [3.8, 4) is 11.5 Å². The standard InChI is InChI=1S/C12H17NO3/c1-14-12-6-10(8-16-13)4-5-11(12)15-7-9-2-3-9/h4-6,9H,2-3,7-8,13H2,1H3. The van der Waals surface area contributed by atoms with E-state index < -0.39 is 0 Å². The van der Waals surface area contributed by atoms with Gasteiger partial charge in [0.25, 0.3) is 0 Å². The van der Waals surface area contributed by atoms with Crippen molar-refractivity contribution in [3.05, 3.63) is 23.8 Å². The molecule has 0 spiro atoms. The van der Waals surface area contributed by atoms with E-state index in [9.17, 15) is 0 Å². The van der Waals surface area contributed by atoms with Crippen LogP contribution in [0.1, 0.15) is 18.4 Å². The number of methoxy groups -OCH3 is 1. The van der Waals surface area contributed by atoms with Gasteiger partial charge in [-0.15, -0.1) is 0 Å². The molecule has 1 aromatic carbocycles. The van der Waals surface area contributed by atoms with Crippen molar-refractivity contribution in [1.82, 2.24) is 0 Å². The number of nitrogens with two attached hydrogens (primary N) is 1. The Morgan fingerprint density at radius 2 is 2.12 bits per heavy atom. The van der Waals surface area contributed by atoms with E-state index in [1.165, 1.54) is 12.8 Å². The largest absolute Gasteiger partial charge is 0.493 e. The quantitative estimate of drug-likeness (QED) is 0.748. The molecule has 0 saturated heterocycles. The number of benzene rings is 1. The lowest BCUT2D eigenvalue weighted by Crippen LogP contribution is -2.02. The fraction of sp³-hybridized carbons (Fsp3) is 0.500. The van der Waals surface area contributed by atoms with E-state index >= 15 is 0 Å². The summed E-state index contributed by atoms with van der Waals surface area (Å²) in [7, 11) is 1.63. The van der Waals surface area contributed by atoms with Gasteiger partial charge in [0.2, 0.25) is 0 Å². The zero-order valence-corrected chi connectivity index (χ0v) is 9.44. The molecule has 88 valence electrons. The number of rotatable bonds is 6. The molecule has 1 saturated carbocycles. The van der Waals surface area contributed by atoms with Gasteiger partial charge in [0.1, 0.15) is 0 Å². The van der Waals surface area contributed by atoms with E-state index in [0.717, 1.165) is 29.6 Å². The van der Waals surface area contributed by atoms with Crippen LogP contribution in [-0.4, -0.2) is 13.7 Å². The Morgan fingerprint density at radius 1 is 1.31 bits per heavy atom. The first-order chi connectivity index (χ1) is 7.83. The van der Waals surface area contributed by atoms with Crippen LogP contribution in [0.4, 0.5) is 0 Å². The third kappa shape index (κ3) is 2.87. The average molecular weight is 223 g/mol. The Morgan fingerprint density at radius 3 is 2.75 bits per heavy atom. The molecular formula is C12H17NO3. The molecule has 2 rings (SSSR count). The van der Waals surface area contributed by atoms with Gasteiger partial charge < -0.3 is 9.47 Å². The van der Waals surface area contributed by atoms with E-state index in [2.05, 4.69) is 4.84 Å². The van der Waals surface area contributed by atoms with Gasteiger partial charge in [-0.1, -0.05) is 6.07 Å². The molecule has 0 aliphatic heterocycles. The average Bonchev–Trinajstić information content (AvgIpc) is 3.11. The second-order valence-electron chi connectivity index (χ2n) is 4.05. The molecular weight excluding hydrogens is 206 g/mol. The van der Waals surface area contributed by atoms with Crippen molar-refractivity contribution in [2.45, 2.75) is 19.4 Å². The lowest BCUT2D eigenvalue weighted by atomic mass is 10.2. The zero-order chi connectivity index (χ0) is 11.4. The maximum atomic E-state index is 5.69. The maximum Gasteiger partial charge on any atom is 0.161 e. The highest BCUT2D eigenvalue weighted by atomic mass is 16.6. The van der Waals surface area contributed by atoms with Crippen LogP contribution in [0, 0.1) is 5.92 Å². The van der Waals surface area contributed by atoms with Gasteiger partial charge in [-0.25, -0.2) is 5.90 Å². The van der Waals surface area contributed by atoms with Crippen LogP contribution >= 0.6 is 0 Å². The number of hydrogen-bond donors (Lipinski definition) is 1. The highest BCUT2D eigenvalue weighted by Crippen LogP contribution is 2.33. The predicted octanol–water partition coefficient (Wildman–Crippen LogP) is 1.87. The normalized spacial score (nSPS) is 14.9. The van der Waals surface area contributed by atoms with Crippen LogP contribution in [0.15, 0.2) is 18.2 Å². The van der Waals surface area contributed by atoms with Crippen molar-refractivity contribution in [2.24, 2.45) is 11.8 Å². The fourth-order valence-corrected chi connectivity index (χ4v) is 1.51. The van der Waals surface area contributed by atoms with E-state index in [-0.39, 0.29) is 0 Å². The smallest absolute Gasteiger partial charge is 0.161 e.